The summed E-state index contributed by atoms with van der Waals surface area (Å²) in [5.41, 5.74) is 1.53. The molecule has 2 heterocycles. The van der Waals surface area contributed by atoms with E-state index in [-0.39, 0.29) is 11.4 Å². The lowest BCUT2D eigenvalue weighted by Crippen LogP contribution is -2.62. The maximum Gasteiger partial charge on any atom is 0.255 e. The quantitative estimate of drug-likeness (QED) is 0.852. The zero-order valence-corrected chi connectivity index (χ0v) is 14.3. The molecule has 2 aliphatic rings. The minimum atomic E-state index is -0.0853. The molecule has 4 rings (SSSR count). The van der Waals surface area contributed by atoms with Crippen LogP contribution < -0.4 is 4.90 Å². The second-order valence-corrected chi connectivity index (χ2v) is 7.03. The predicted molar refractivity (Wildman–Crippen MR) is 94.5 cm³/mol. The number of hydrogen-bond donors (Lipinski definition) is 0. The highest BCUT2D eigenvalue weighted by Gasteiger charge is 2.47. The number of ether oxygens (including phenoxy) is 1. The molecule has 126 valence electrons. The summed E-state index contributed by atoms with van der Waals surface area (Å²) in [7, 11) is 3.90. The Morgan fingerprint density at radius 2 is 2.08 bits per heavy atom. The number of aromatic nitrogens is 1. The molecular weight excluding hydrogens is 302 g/mol. The van der Waals surface area contributed by atoms with E-state index in [9.17, 15) is 4.79 Å². The van der Waals surface area contributed by atoms with E-state index in [0.717, 1.165) is 35.1 Å². The maximum absolute atomic E-state index is 13.4. The summed E-state index contributed by atoms with van der Waals surface area (Å²) >= 11 is 0. The molecule has 1 aromatic heterocycles. The zero-order valence-electron chi connectivity index (χ0n) is 14.3. The molecule has 1 aliphatic carbocycles. The zero-order chi connectivity index (χ0) is 16.7. The Morgan fingerprint density at radius 1 is 1.29 bits per heavy atom. The molecule has 0 atom stereocenters. The predicted octanol–water partition coefficient (Wildman–Crippen LogP) is 2.70. The van der Waals surface area contributed by atoms with Gasteiger partial charge in [-0.3, -0.25) is 4.79 Å². The third kappa shape index (κ3) is 2.35. The largest absolute Gasteiger partial charge is 0.377 e. The van der Waals surface area contributed by atoms with Crippen molar-refractivity contribution >= 4 is 22.6 Å². The van der Waals surface area contributed by atoms with Gasteiger partial charge in [0.25, 0.3) is 5.91 Å². The van der Waals surface area contributed by atoms with Crippen molar-refractivity contribution in [3.63, 3.8) is 0 Å². The van der Waals surface area contributed by atoms with Crippen LogP contribution >= 0.6 is 0 Å². The standard InChI is InChI=1S/C19H23N3O2/c1-21(2)17-12-15(14-6-3-4-7-16(14)20-17)18(23)22-10-11-24-13-19(22)8-5-9-19/h3-4,6-7,12H,5,8-11,13H2,1-2H3. The van der Waals surface area contributed by atoms with Crippen molar-refractivity contribution in [2.75, 3.05) is 38.8 Å². The fourth-order valence-corrected chi connectivity index (χ4v) is 3.76. The third-order valence-electron chi connectivity index (χ3n) is 5.32. The van der Waals surface area contributed by atoms with Crippen LogP contribution in [0, 0.1) is 0 Å². The number of nitrogens with zero attached hydrogens (tertiary/aromatic N) is 3. The Labute approximate surface area is 142 Å². The average molecular weight is 325 g/mol. The normalized spacial score (nSPS) is 19.3. The number of carbonyl (C=O) groups is 1. The summed E-state index contributed by atoms with van der Waals surface area (Å²) in [4.78, 5) is 22.1. The maximum atomic E-state index is 13.4. The van der Waals surface area contributed by atoms with Gasteiger partial charge in [0.05, 0.1) is 29.8 Å². The van der Waals surface area contributed by atoms with Crippen LogP contribution in [0.5, 0.6) is 0 Å². The molecule has 1 amide bonds. The van der Waals surface area contributed by atoms with Crippen molar-refractivity contribution in [1.29, 1.82) is 0 Å². The topological polar surface area (TPSA) is 45.7 Å². The first-order valence-electron chi connectivity index (χ1n) is 8.58. The molecule has 1 aromatic carbocycles. The van der Waals surface area contributed by atoms with Crippen molar-refractivity contribution in [3.05, 3.63) is 35.9 Å². The van der Waals surface area contributed by atoms with E-state index >= 15 is 0 Å². The van der Waals surface area contributed by atoms with Crippen molar-refractivity contribution in [2.45, 2.75) is 24.8 Å². The smallest absolute Gasteiger partial charge is 0.255 e. The number of pyridine rings is 1. The number of rotatable bonds is 2. The van der Waals surface area contributed by atoms with Crippen molar-refractivity contribution in [1.82, 2.24) is 9.88 Å². The highest BCUT2D eigenvalue weighted by atomic mass is 16.5. The van der Waals surface area contributed by atoms with Gasteiger partial charge in [-0.05, 0) is 31.4 Å². The Kier molecular flexibility index (Phi) is 3.68. The van der Waals surface area contributed by atoms with Gasteiger partial charge in [-0.2, -0.15) is 0 Å². The van der Waals surface area contributed by atoms with Crippen LogP contribution in [0.25, 0.3) is 10.9 Å². The summed E-state index contributed by atoms with van der Waals surface area (Å²) in [6, 6.07) is 9.81. The van der Waals surface area contributed by atoms with Gasteiger partial charge < -0.3 is 14.5 Å². The van der Waals surface area contributed by atoms with Gasteiger partial charge >= 0.3 is 0 Å². The van der Waals surface area contributed by atoms with Crippen molar-refractivity contribution < 1.29 is 9.53 Å². The first kappa shape index (κ1) is 15.4. The number of morpholine rings is 1. The van der Waals surface area contributed by atoms with Crippen LogP contribution in [0.1, 0.15) is 29.6 Å². The average Bonchev–Trinajstić information content (AvgIpc) is 2.58. The summed E-state index contributed by atoms with van der Waals surface area (Å²) < 4.78 is 5.68. The van der Waals surface area contributed by atoms with Crippen LogP contribution in [-0.4, -0.2) is 55.2 Å². The molecule has 0 N–H and O–H groups in total. The highest BCUT2D eigenvalue weighted by molar-refractivity contribution is 6.07. The van der Waals surface area contributed by atoms with E-state index in [2.05, 4.69) is 9.88 Å². The number of amides is 1. The molecule has 5 heteroatoms. The molecule has 1 aliphatic heterocycles. The monoisotopic (exact) mass is 325 g/mol. The second kappa shape index (κ2) is 5.74. The Hall–Kier alpha value is -2.14. The van der Waals surface area contributed by atoms with E-state index < -0.39 is 0 Å². The van der Waals surface area contributed by atoms with Crippen LogP contribution in [0.3, 0.4) is 0 Å². The molecular formula is C19H23N3O2. The van der Waals surface area contributed by atoms with Gasteiger partial charge in [0.2, 0.25) is 0 Å². The number of para-hydroxylation sites is 1. The Balaban J connectivity index is 1.81. The lowest BCUT2D eigenvalue weighted by molar-refractivity contribution is -0.0876. The van der Waals surface area contributed by atoms with Gasteiger partial charge in [0, 0.05) is 26.0 Å². The van der Waals surface area contributed by atoms with Crippen molar-refractivity contribution in [3.8, 4) is 0 Å². The molecule has 5 nitrogen and oxygen atoms in total. The van der Waals surface area contributed by atoms with E-state index in [4.69, 9.17) is 4.74 Å². The minimum Gasteiger partial charge on any atom is -0.377 e. The van der Waals surface area contributed by atoms with Crippen LogP contribution in [0.4, 0.5) is 5.82 Å². The number of fused-ring (bicyclic) bond motifs is 1. The summed E-state index contributed by atoms with van der Waals surface area (Å²) in [5.74, 6) is 0.924. The molecule has 0 radical (unpaired) electrons. The fraction of sp³-hybridized carbons (Fsp3) is 0.474. The summed E-state index contributed by atoms with van der Waals surface area (Å²) in [6.07, 6.45) is 3.26. The van der Waals surface area contributed by atoms with Crippen molar-refractivity contribution in [2.24, 2.45) is 0 Å². The molecule has 1 saturated heterocycles. The summed E-state index contributed by atoms with van der Waals surface area (Å²) in [6.45, 7) is 1.96. The SMILES string of the molecule is CN(C)c1cc(C(=O)N2CCOCC23CCC3)c2ccccc2n1. The molecule has 2 aromatic rings. The lowest BCUT2D eigenvalue weighted by atomic mass is 9.75. The number of anilines is 1. The van der Waals surface area contributed by atoms with Gasteiger partial charge in [0.1, 0.15) is 5.82 Å². The fourth-order valence-electron chi connectivity index (χ4n) is 3.76. The van der Waals surface area contributed by atoms with Crippen LogP contribution in [0.2, 0.25) is 0 Å². The molecule has 24 heavy (non-hydrogen) atoms. The molecule has 1 saturated carbocycles. The first-order chi connectivity index (χ1) is 11.6. The van der Waals surface area contributed by atoms with Gasteiger partial charge in [-0.15, -0.1) is 0 Å². The van der Waals surface area contributed by atoms with E-state index in [1.54, 1.807) is 0 Å². The molecule has 1 spiro atoms. The molecule has 0 bridgehead atoms. The molecule has 0 unspecified atom stereocenters. The number of hydrogen-bond acceptors (Lipinski definition) is 4. The Bertz CT molecular complexity index is 783. The van der Waals surface area contributed by atoms with Crippen LogP contribution in [0.15, 0.2) is 30.3 Å². The highest BCUT2D eigenvalue weighted by Crippen LogP contribution is 2.41. The van der Waals surface area contributed by atoms with Gasteiger partial charge in [-0.1, -0.05) is 18.2 Å². The van der Waals surface area contributed by atoms with E-state index in [1.807, 2.05) is 49.3 Å². The third-order valence-corrected chi connectivity index (χ3v) is 5.32. The number of benzene rings is 1. The first-order valence-corrected chi connectivity index (χ1v) is 8.58. The number of carbonyl (C=O) groups excluding carboxylic acids is 1. The van der Waals surface area contributed by atoms with Crippen LogP contribution in [-0.2, 0) is 4.74 Å². The minimum absolute atomic E-state index is 0.0853. The van der Waals surface area contributed by atoms with Gasteiger partial charge in [-0.25, -0.2) is 4.98 Å². The molecule has 2 fully saturated rings. The Morgan fingerprint density at radius 3 is 2.79 bits per heavy atom. The second-order valence-electron chi connectivity index (χ2n) is 7.03. The summed E-state index contributed by atoms with van der Waals surface area (Å²) in [5, 5.41) is 0.925. The van der Waals surface area contributed by atoms with Gasteiger partial charge in [0.15, 0.2) is 0 Å². The van der Waals surface area contributed by atoms with E-state index in [1.165, 1.54) is 6.42 Å². The lowest BCUT2D eigenvalue weighted by Gasteiger charge is -2.52. The van der Waals surface area contributed by atoms with E-state index in [0.29, 0.717) is 19.8 Å².